The van der Waals surface area contributed by atoms with Crippen LogP contribution in [0.2, 0.25) is 0 Å². The van der Waals surface area contributed by atoms with Gasteiger partial charge in [-0.3, -0.25) is 0 Å². The maximum absolute atomic E-state index is 3.30. The van der Waals surface area contributed by atoms with E-state index in [0.29, 0.717) is 11.5 Å². The zero-order valence-corrected chi connectivity index (χ0v) is 8.49. The Balaban J connectivity index is 3.68. The number of likely N-dealkylation sites (N-methyl/N-ethyl adjacent to an activating group) is 2. The second-order valence-corrected chi connectivity index (χ2v) is 4.31. The van der Waals surface area contributed by atoms with E-state index in [1.807, 2.05) is 14.1 Å². The van der Waals surface area contributed by atoms with Crippen LogP contribution in [0.1, 0.15) is 27.2 Å². The molecule has 0 bridgehead atoms. The maximum atomic E-state index is 3.30. The van der Waals surface area contributed by atoms with E-state index in [9.17, 15) is 0 Å². The Morgan fingerprint density at radius 2 is 1.73 bits per heavy atom. The molecule has 0 saturated heterocycles. The van der Waals surface area contributed by atoms with Gasteiger partial charge in [-0.2, -0.15) is 0 Å². The SMILES string of the molecule is CNC[C@H](CC(C)(C)C)NC. The zero-order valence-electron chi connectivity index (χ0n) is 8.49. The minimum atomic E-state index is 0.421. The molecule has 2 nitrogen and oxygen atoms in total. The van der Waals surface area contributed by atoms with Crippen molar-refractivity contribution in [2.75, 3.05) is 20.6 Å². The molecule has 0 aromatic carbocycles. The second-order valence-electron chi connectivity index (χ2n) is 4.31. The third kappa shape index (κ3) is 6.32. The molecule has 68 valence electrons. The molecule has 0 aliphatic carbocycles. The number of hydrogen-bond donors (Lipinski definition) is 2. The lowest BCUT2D eigenvalue weighted by molar-refractivity contribution is 0.313. The lowest BCUT2D eigenvalue weighted by Crippen LogP contribution is -2.37. The highest BCUT2D eigenvalue weighted by molar-refractivity contribution is 4.74. The normalized spacial score (nSPS) is 15.0. The molecule has 1 atom stereocenters. The number of rotatable bonds is 4. The summed E-state index contributed by atoms with van der Waals surface area (Å²) >= 11 is 0. The van der Waals surface area contributed by atoms with Crippen molar-refractivity contribution in [2.45, 2.75) is 33.2 Å². The van der Waals surface area contributed by atoms with Crippen molar-refractivity contribution in [1.82, 2.24) is 10.6 Å². The highest BCUT2D eigenvalue weighted by atomic mass is 14.9. The van der Waals surface area contributed by atoms with E-state index in [0.717, 1.165) is 6.54 Å². The summed E-state index contributed by atoms with van der Waals surface area (Å²) in [5.74, 6) is 0. The molecule has 0 aliphatic heterocycles. The molecule has 0 unspecified atom stereocenters. The predicted octanol–water partition coefficient (Wildman–Crippen LogP) is 1.23. The van der Waals surface area contributed by atoms with Gasteiger partial charge in [0.25, 0.3) is 0 Å². The molecule has 0 aromatic heterocycles. The molecule has 11 heavy (non-hydrogen) atoms. The van der Waals surface area contributed by atoms with Gasteiger partial charge >= 0.3 is 0 Å². The van der Waals surface area contributed by atoms with Gasteiger partial charge in [0.05, 0.1) is 0 Å². The topological polar surface area (TPSA) is 24.1 Å². The first-order chi connectivity index (χ1) is 4.99. The van der Waals surface area contributed by atoms with Crippen LogP contribution in [-0.4, -0.2) is 26.7 Å². The molecule has 0 aliphatic rings. The Kier molecular flexibility index (Phi) is 4.69. The quantitative estimate of drug-likeness (QED) is 0.643. The van der Waals surface area contributed by atoms with Crippen molar-refractivity contribution in [3.63, 3.8) is 0 Å². The molecule has 0 rings (SSSR count). The van der Waals surface area contributed by atoms with Crippen LogP contribution in [0.4, 0.5) is 0 Å². The Morgan fingerprint density at radius 3 is 2.00 bits per heavy atom. The highest BCUT2D eigenvalue weighted by Crippen LogP contribution is 2.20. The molecule has 0 saturated carbocycles. The smallest absolute Gasteiger partial charge is 0.0194 e. The summed E-state index contributed by atoms with van der Waals surface area (Å²) in [6.07, 6.45) is 1.21. The molecule has 0 aromatic rings. The molecular weight excluding hydrogens is 136 g/mol. The summed E-state index contributed by atoms with van der Waals surface area (Å²) in [7, 11) is 4.01. The van der Waals surface area contributed by atoms with Crippen LogP contribution in [0, 0.1) is 5.41 Å². The van der Waals surface area contributed by atoms with Gasteiger partial charge in [0.2, 0.25) is 0 Å². The lowest BCUT2D eigenvalue weighted by Gasteiger charge is -2.25. The first kappa shape index (κ1) is 10.9. The minimum Gasteiger partial charge on any atom is -0.318 e. The van der Waals surface area contributed by atoms with Gasteiger partial charge in [0.15, 0.2) is 0 Å². The predicted molar refractivity (Wildman–Crippen MR) is 50.8 cm³/mol. The summed E-state index contributed by atoms with van der Waals surface area (Å²) in [6.45, 7) is 7.86. The minimum absolute atomic E-state index is 0.421. The van der Waals surface area contributed by atoms with Crippen molar-refractivity contribution in [3.05, 3.63) is 0 Å². The van der Waals surface area contributed by atoms with E-state index in [-0.39, 0.29) is 0 Å². The monoisotopic (exact) mass is 158 g/mol. The van der Waals surface area contributed by atoms with Crippen molar-refractivity contribution in [1.29, 1.82) is 0 Å². The van der Waals surface area contributed by atoms with Crippen LogP contribution < -0.4 is 10.6 Å². The van der Waals surface area contributed by atoms with Gasteiger partial charge in [-0.1, -0.05) is 20.8 Å². The average Bonchev–Trinajstić information content (AvgIpc) is 1.84. The molecule has 0 amide bonds. The van der Waals surface area contributed by atoms with Gasteiger partial charge in [0, 0.05) is 12.6 Å². The second kappa shape index (κ2) is 4.73. The van der Waals surface area contributed by atoms with E-state index in [1.54, 1.807) is 0 Å². The lowest BCUT2D eigenvalue weighted by atomic mass is 9.88. The third-order valence-corrected chi connectivity index (χ3v) is 1.72. The Hall–Kier alpha value is -0.0800. The largest absolute Gasteiger partial charge is 0.318 e. The van der Waals surface area contributed by atoms with Crippen LogP contribution in [0.25, 0.3) is 0 Å². The summed E-state index contributed by atoms with van der Waals surface area (Å²) in [5.41, 5.74) is 0.421. The Morgan fingerprint density at radius 1 is 1.18 bits per heavy atom. The van der Waals surface area contributed by atoms with Gasteiger partial charge in [-0.05, 0) is 25.9 Å². The third-order valence-electron chi connectivity index (χ3n) is 1.72. The summed E-state index contributed by atoms with van der Waals surface area (Å²) in [6, 6.07) is 0.597. The summed E-state index contributed by atoms with van der Waals surface area (Å²) in [4.78, 5) is 0. The van der Waals surface area contributed by atoms with Gasteiger partial charge < -0.3 is 10.6 Å². The Bertz CT molecular complexity index is 94.2. The molecule has 2 heteroatoms. The summed E-state index contributed by atoms with van der Waals surface area (Å²) < 4.78 is 0. The van der Waals surface area contributed by atoms with Crippen molar-refractivity contribution < 1.29 is 0 Å². The fourth-order valence-corrected chi connectivity index (χ4v) is 1.26. The number of hydrogen-bond acceptors (Lipinski definition) is 2. The van der Waals surface area contributed by atoms with E-state index >= 15 is 0 Å². The molecular formula is C9H22N2. The van der Waals surface area contributed by atoms with Crippen LogP contribution >= 0.6 is 0 Å². The maximum Gasteiger partial charge on any atom is 0.0194 e. The molecule has 0 heterocycles. The van der Waals surface area contributed by atoms with E-state index in [1.165, 1.54) is 6.42 Å². The fraction of sp³-hybridized carbons (Fsp3) is 1.00. The first-order valence-electron chi connectivity index (χ1n) is 4.31. The van der Waals surface area contributed by atoms with Gasteiger partial charge in [-0.15, -0.1) is 0 Å². The first-order valence-corrected chi connectivity index (χ1v) is 4.31. The Labute approximate surface area is 70.8 Å². The van der Waals surface area contributed by atoms with E-state index in [4.69, 9.17) is 0 Å². The van der Waals surface area contributed by atoms with Crippen molar-refractivity contribution >= 4 is 0 Å². The van der Waals surface area contributed by atoms with E-state index in [2.05, 4.69) is 31.4 Å². The average molecular weight is 158 g/mol. The van der Waals surface area contributed by atoms with Crippen molar-refractivity contribution in [3.8, 4) is 0 Å². The highest BCUT2D eigenvalue weighted by Gasteiger charge is 2.16. The fourth-order valence-electron chi connectivity index (χ4n) is 1.26. The molecule has 2 N–H and O–H groups in total. The molecule has 0 spiro atoms. The van der Waals surface area contributed by atoms with E-state index < -0.39 is 0 Å². The number of nitrogens with one attached hydrogen (secondary N) is 2. The van der Waals surface area contributed by atoms with Gasteiger partial charge in [-0.25, -0.2) is 0 Å². The van der Waals surface area contributed by atoms with Crippen LogP contribution in [0.15, 0.2) is 0 Å². The van der Waals surface area contributed by atoms with Crippen LogP contribution in [0.3, 0.4) is 0 Å². The van der Waals surface area contributed by atoms with Gasteiger partial charge in [0.1, 0.15) is 0 Å². The standard InChI is InChI=1S/C9H22N2/c1-9(2,3)6-8(11-5)7-10-4/h8,10-11H,6-7H2,1-5H3/t8-/m0/s1. The molecule has 0 radical (unpaired) electrons. The summed E-state index contributed by atoms with van der Waals surface area (Å²) in [5, 5.41) is 6.48. The van der Waals surface area contributed by atoms with Crippen molar-refractivity contribution in [2.24, 2.45) is 5.41 Å². The van der Waals surface area contributed by atoms with Crippen LogP contribution in [-0.2, 0) is 0 Å². The van der Waals surface area contributed by atoms with Crippen LogP contribution in [0.5, 0.6) is 0 Å². The zero-order chi connectivity index (χ0) is 8.91. The molecule has 0 fully saturated rings.